The van der Waals surface area contributed by atoms with E-state index < -0.39 is 0 Å². The van der Waals surface area contributed by atoms with Gasteiger partial charge in [0.2, 0.25) is 0 Å². The summed E-state index contributed by atoms with van der Waals surface area (Å²) in [5.74, 6) is 0.448. The van der Waals surface area contributed by atoms with Crippen LogP contribution >= 0.6 is 11.6 Å². The Bertz CT molecular complexity index is 903. The highest BCUT2D eigenvalue weighted by molar-refractivity contribution is 6.32. The van der Waals surface area contributed by atoms with Crippen LogP contribution in [-0.4, -0.2) is 6.54 Å². The molecule has 1 aromatic heterocycles. The third-order valence-electron chi connectivity index (χ3n) is 4.36. The number of halogens is 1. The number of aryl methyl sites for hydroxylation is 1. The predicted molar refractivity (Wildman–Crippen MR) is 97.6 cm³/mol. The standard InChI is InChI=1S/C20H20ClNO2/c1-13-8-19-17(10-18(13)21)16(9-20(23)24-19)12-22-11-14(2)15-6-4-3-5-7-15/h3-10,14,22H,11-12H2,1-2H3/p+1/t14-/m0/s1. The molecule has 1 atom stereocenters. The summed E-state index contributed by atoms with van der Waals surface area (Å²) in [5.41, 5.74) is 3.48. The van der Waals surface area contributed by atoms with Gasteiger partial charge in [-0.15, -0.1) is 0 Å². The minimum atomic E-state index is -0.316. The molecular formula is C20H21ClNO2+. The van der Waals surface area contributed by atoms with Crippen molar-refractivity contribution >= 4 is 22.6 Å². The smallest absolute Gasteiger partial charge is 0.336 e. The maximum absolute atomic E-state index is 11.8. The second kappa shape index (κ2) is 7.20. The molecule has 0 saturated carbocycles. The molecule has 0 aliphatic carbocycles. The van der Waals surface area contributed by atoms with Crippen LogP contribution in [0.3, 0.4) is 0 Å². The molecule has 0 fully saturated rings. The van der Waals surface area contributed by atoms with Crippen molar-refractivity contribution in [2.24, 2.45) is 0 Å². The van der Waals surface area contributed by atoms with Crippen LogP contribution in [0.1, 0.15) is 29.5 Å². The van der Waals surface area contributed by atoms with E-state index in [9.17, 15) is 4.79 Å². The molecule has 0 saturated heterocycles. The van der Waals surface area contributed by atoms with Gasteiger partial charge in [-0.3, -0.25) is 0 Å². The Morgan fingerprint density at radius 3 is 2.67 bits per heavy atom. The molecular weight excluding hydrogens is 322 g/mol. The molecule has 4 heteroatoms. The van der Waals surface area contributed by atoms with E-state index in [2.05, 4.69) is 36.5 Å². The first-order valence-electron chi connectivity index (χ1n) is 8.14. The number of hydrogen-bond donors (Lipinski definition) is 1. The SMILES string of the molecule is Cc1cc2oc(=O)cc(C[NH2+]C[C@H](C)c3ccccc3)c2cc1Cl. The van der Waals surface area contributed by atoms with Crippen LogP contribution in [0.15, 0.2) is 57.7 Å². The topological polar surface area (TPSA) is 46.8 Å². The molecule has 2 N–H and O–H groups in total. The van der Waals surface area contributed by atoms with Gasteiger partial charge < -0.3 is 9.73 Å². The van der Waals surface area contributed by atoms with Gasteiger partial charge in [0.15, 0.2) is 0 Å². The molecule has 0 aliphatic heterocycles. The molecule has 0 aliphatic rings. The van der Waals surface area contributed by atoms with Gasteiger partial charge in [-0.05, 0) is 30.2 Å². The summed E-state index contributed by atoms with van der Waals surface area (Å²) < 4.78 is 5.31. The number of rotatable bonds is 5. The average Bonchev–Trinajstić information content (AvgIpc) is 2.57. The van der Waals surface area contributed by atoms with Gasteiger partial charge in [0, 0.05) is 28.0 Å². The van der Waals surface area contributed by atoms with E-state index in [1.54, 1.807) is 6.07 Å². The molecule has 0 radical (unpaired) electrons. The van der Waals surface area contributed by atoms with Crippen molar-refractivity contribution in [2.45, 2.75) is 26.3 Å². The highest BCUT2D eigenvalue weighted by Gasteiger charge is 2.11. The first-order chi connectivity index (χ1) is 11.5. The molecule has 0 amide bonds. The summed E-state index contributed by atoms with van der Waals surface area (Å²) in [6.07, 6.45) is 0. The highest BCUT2D eigenvalue weighted by atomic mass is 35.5. The van der Waals surface area contributed by atoms with Crippen molar-refractivity contribution < 1.29 is 9.73 Å². The van der Waals surface area contributed by atoms with E-state index in [1.807, 2.05) is 25.1 Å². The summed E-state index contributed by atoms with van der Waals surface area (Å²) in [6.45, 7) is 5.79. The summed E-state index contributed by atoms with van der Waals surface area (Å²) in [7, 11) is 0. The minimum Gasteiger partial charge on any atom is -0.423 e. The Labute approximate surface area is 146 Å². The van der Waals surface area contributed by atoms with E-state index in [-0.39, 0.29) is 5.63 Å². The van der Waals surface area contributed by atoms with Crippen LogP contribution in [0.25, 0.3) is 11.0 Å². The van der Waals surface area contributed by atoms with E-state index >= 15 is 0 Å². The second-order valence-corrected chi connectivity index (χ2v) is 6.64. The van der Waals surface area contributed by atoms with Crippen molar-refractivity contribution in [1.29, 1.82) is 0 Å². The van der Waals surface area contributed by atoms with Gasteiger partial charge in [0.05, 0.1) is 6.54 Å². The van der Waals surface area contributed by atoms with Crippen molar-refractivity contribution in [1.82, 2.24) is 0 Å². The fraction of sp³-hybridized carbons (Fsp3) is 0.250. The molecule has 3 nitrogen and oxygen atoms in total. The van der Waals surface area contributed by atoms with Crippen molar-refractivity contribution in [2.75, 3.05) is 6.54 Å². The summed E-state index contributed by atoms with van der Waals surface area (Å²) in [6, 6.07) is 15.7. The lowest BCUT2D eigenvalue weighted by Crippen LogP contribution is -2.83. The highest BCUT2D eigenvalue weighted by Crippen LogP contribution is 2.24. The molecule has 124 valence electrons. The Balaban J connectivity index is 1.78. The predicted octanol–water partition coefficient (Wildman–Crippen LogP) is 3.62. The van der Waals surface area contributed by atoms with Crippen LogP contribution < -0.4 is 10.9 Å². The van der Waals surface area contributed by atoms with Crippen LogP contribution in [0.2, 0.25) is 5.02 Å². The zero-order chi connectivity index (χ0) is 17.1. The van der Waals surface area contributed by atoms with E-state index in [1.165, 1.54) is 5.56 Å². The molecule has 1 heterocycles. The number of fused-ring (bicyclic) bond motifs is 1. The zero-order valence-corrected chi connectivity index (χ0v) is 14.6. The van der Waals surface area contributed by atoms with Crippen LogP contribution in [0, 0.1) is 6.92 Å². The van der Waals surface area contributed by atoms with E-state index in [0.29, 0.717) is 16.5 Å². The van der Waals surface area contributed by atoms with Crippen molar-refractivity contribution in [3.8, 4) is 0 Å². The fourth-order valence-corrected chi connectivity index (χ4v) is 3.09. The molecule has 0 spiro atoms. The molecule has 0 unspecified atom stereocenters. The van der Waals surface area contributed by atoms with Crippen molar-refractivity contribution in [3.05, 3.63) is 80.7 Å². The molecule has 2 aromatic carbocycles. The Kier molecular flexibility index (Phi) is 5.03. The number of quaternary nitrogens is 1. The van der Waals surface area contributed by atoms with Crippen LogP contribution in [-0.2, 0) is 6.54 Å². The van der Waals surface area contributed by atoms with E-state index in [4.69, 9.17) is 16.0 Å². The molecule has 0 bridgehead atoms. The summed E-state index contributed by atoms with van der Waals surface area (Å²) in [5, 5.41) is 3.82. The zero-order valence-electron chi connectivity index (χ0n) is 13.9. The lowest BCUT2D eigenvalue weighted by atomic mass is 10.0. The lowest BCUT2D eigenvalue weighted by molar-refractivity contribution is -0.672. The third-order valence-corrected chi connectivity index (χ3v) is 4.77. The number of nitrogens with two attached hydrogens (primary N) is 1. The molecule has 24 heavy (non-hydrogen) atoms. The number of benzene rings is 2. The summed E-state index contributed by atoms with van der Waals surface area (Å²) >= 11 is 6.23. The Morgan fingerprint density at radius 2 is 1.92 bits per heavy atom. The van der Waals surface area contributed by atoms with Gasteiger partial charge in [0.25, 0.3) is 0 Å². The Hall–Kier alpha value is -2.10. The number of hydrogen-bond acceptors (Lipinski definition) is 2. The molecule has 3 aromatic rings. The lowest BCUT2D eigenvalue weighted by Gasteiger charge is -2.11. The largest absolute Gasteiger partial charge is 0.423 e. The maximum atomic E-state index is 11.8. The summed E-state index contributed by atoms with van der Waals surface area (Å²) in [4.78, 5) is 11.8. The van der Waals surface area contributed by atoms with Gasteiger partial charge >= 0.3 is 5.63 Å². The van der Waals surface area contributed by atoms with E-state index in [0.717, 1.165) is 29.6 Å². The Morgan fingerprint density at radius 1 is 1.17 bits per heavy atom. The molecule has 3 rings (SSSR count). The van der Waals surface area contributed by atoms with Crippen LogP contribution in [0.4, 0.5) is 0 Å². The monoisotopic (exact) mass is 342 g/mol. The fourth-order valence-electron chi connectivity index (χ4n) is 2.92. The normalized spacial score (nSPS) is 12.5. The first-order valence-corrected chi connectivity index (χ1v) is 8.52. The van der Waals surface area contributed by atoms with Crippen molar-refractivity contribution in [3.63, 3.8) is 0 Å². The average molecular weight is 343 g/mol. The maximum Gasteiger partial charge on any atom is 0.336 e. The van der Waals surface area contributed by atoms with Gasteiger partial charge in [-0.1, -0.05) is 48.9 Å². The first kappa shape index (κ1) is 16.7. The quantitative estimate of drug-likeness (QED) is 0.720. The second-order valence-electron chi connectivity index (χ2n) is 6.23. The third kappa shape index (κ3) is 3.69. The van der Waals surface area contributed by atoms with Crippen LogP contribution in [0.5, 0.6) is 0 Å². The van der Waals surface area contributed by atoms with Gasteiger partial charge in [0.1, 0.15) is 12.1 Å². The van der Waals surface area contributed by atoms with Gasteiger partial charge in [-0.2, -0.15) is 0 Å². The van der Waals surface area contributed by atoms with Gasteiger partial charge in [-0.25, -0.2) is 4.79 Å². The minimum absolute atomic E-state index is 0.316.